The quantitative estimate of drug-likeness (QED) is 0.234. The number of aromatic nitrogens is 3. The number of benzene rings is 3. The zero-order valence-electron chi connectivity index (χ0n) is 17.6. The van der Waals surface area contributed by atoms with E-state index in [0.717, 1.165) is 11.3 Å². The van der Waals surface area contributed by atoms with E-state index < -0.39 is 5.97 Å². The molecule has 9 heteroatoms. The van der Waals surface area contributed by atoms with Crippen molar-refractivity contribution in [3.63, 3.8) is 0 Å². The number of fused-ring (bicyclic) bond motifs is 1. The highest BCUT2D eigenvalue weighted by Crippen LogP contribution is 2.27. The van der Waals surface area contributed by atoms with E-state index in [4.69, 9.17) is 25.8 Å². The molecule has 0 bridgehead atoms. The van der Waals surface area contributed by atoms with Gasteiger partial charge in [0.15, 0.2) is 0 Å². The molecule has 0 saturated heterocycles. The fourth-order valence-electron chi connectivity index (χ4n) is 2.99. The van der Waals surface area contributed by atoms with Crippen molar-refractivity contribution in [1.82, 2.24) is 15.0 Å². The molecule has 0 aliphatic carbocycles. The van der Waals surface area contributed by atoms with Crippen molar-refractivity contribution in [3.05, 3.63) is 77.3 Å². The minimum absolute atomic E-state index is 0.0567. The lowest BCUT2D eigenvalue weighted by molar-refractivity contribution is -0.138. The lowest BCUT2D eigenvalue weighted by Gasteiger charge is -2.09. The van der Waals surface area contributed by atoms with Gasteiger partial charge in [-0.25, -0.2) is 4.79 Å². The molecule has 33 heavy (non-hydrogen) atoms. The van der Waals surface area contributed by atoms with Crippen molar-refractivity contribution < 1.29 is 24.1 Å². The molecule has 0 aliphatic rings. The SMILES string of the molecule is COc1ccc(/C=C/C(=O)OCCOc2ccc(-n3nc4ccc(Cl)cc4n3)c(O)c2)cc1. The summed E-state index contributed by atoms with van der Waals surface area (Å²) in [5.41, 5.74) is 2.51. The van der Waals surface area contributed by atoms with Gasteiger partial charge in [-0.1, -0.05) is 23.7 Å². The molecule has 0 saturated carbocycles. The molecular weight excluding hydrogens is 446 g/mol. The lowest BCUT2D eigenvalue weighted by atomic mass is 10.2. The Bertz CT molecular complexity index is 1300. The fraction of sp³-hybridized carbons (Fsp3) is 0.125. The third-order valence-corrected chi connectivity index (χ3v) is 4.86. The summed E-state index contributed by atoms with van der Waals surface area (Å²) in [5, 5.41) is 19.6. The van der Waals surface area contributed by atoms with Gasteiger partial charge < -0.3 is 19.3 Å². The minimum Gasteiger partial charge on any atom is -0.505 e. The van der Waals surface area contributed by atoms with E-state index in [1.807, 2.05) is 12.1 Å². The summed E-state index contributed by atoms with van der Waals surface area (Å²) in [5.74, 6) is 0.619. The van der Waals surface area contributed by atoms with Crippen molar-refractivity contribution in [3.8, 4) is 22.9 Å². The molecular formula is C24H20ClN3O5. The summed E-state index contributed by atoms with van der Waals surface area (Å²) in [6.07, 6.45) is 3.00. The van der Waals surface area contributed by atoms with E-state index in [0.29, 0.717) is 27.5 Å². The van der Waals surface area contributed by atoms with Gasteiger partial charge in [0.1, 0.15) is 47.2 Å². The van der Waals surface area contributed by atoms with Crippen LogP contribution in [0.15, 0.2) is 66.7 Å². The molecule has 4 rings (SSSR count). The highest BCUT2D eigenvalue weighted by molar-refractivity contribution is 6.31. The lowest BCUT2D eigenvalue weighted by Crippen LogP contribution is -2.10. The van der Waals surface area contributed by atoms with Gasteiger partial charge in [0.05, 0.1) is 7.11 Å². The monoisotopic (exact) mass is 465 g/mol. The van der Waals surface area contributed by atoms with Crippen LogP contribution in [0.1, 0.15) is 5.56 Å². The third-order valence-electron chi connectivity index (χ3n) is 4.63. The molecule has 1 aromatic heterocycles. The molecule has 0 aliphatic heterocycles. The Kier molecular flexibility index (Phi) is 6.75. The second-order valence-corrected chi connectivity index (χ2v) is 7.33. The summed E-state index contributed by atoms with van der Waals surface area (Å²) >= 11 is 5.98. The number of hydrogen-bond donors (Lipinski definition) is 1. The Morgan fingerprint density at radius 3 is 2.52 bits per heavy atom. The number of methoxy groups -OCH3 is 1. The van der Waals surface area contributed by atoms with Crippen LogP contribution in [-0.2, 0) is 9.53 Å². The minimum atomic E-state index is -0.482. The molecule has 0 fully saturated rings. The fourth-order valence-corrected chi connectivity index (χ4v) is 3.15. The molecule has 168 valence electrons. The molecule has 1 N–H and O–H groups in total. The van der Waals surface area contributed by atoms with E-state index in [-0.39, 0.29) is 19.0 Å². The number of aromatic hydroxyl groups is 1. The Balaban J connectivity index is 1.28. The molecule has 0 atom stereocenters. The van der Waals surface area contributed by atoms with Crippen LogP contribution >= 0.6 is 11.6 Å². The molecule has 0 spiro atoms. The maximum absolute atomic E-state index is 11.8. The van der Waals surface area contributed by atoms with Gasteiger partial charge in [-0.05, 0) is 54.1 Å². The number of esters is 1. The Morgan fingerprint density at radius 1 is 1.00 bits per heavy atom. The van der Waals surface area contributed by atoms with Crippen LogP contribution in [0.5, 0.6) is 17.2 Å². The second-order valence-electron chi connectivity index (χ2n) is 6.90. The molecule has 4 aromatic rings. The largest absolute Gasteiger partial charge is 0.505 e. The molecule has 3 aromatic carbocycles. The number of carbonyl (C=O) groups is 1. The molecule has 0 amide bonds. The predicted molar refractivity (Wildman–Crippen MR) is 124 cm³/mol. The van der Waals surface area contributed by atoms with E-state index in [1.165, 1.54) is 16.9 Å². The maximum atomic E-state index is 11.8. The number of ether oxygens (including phenoxy) is 3. The van der Waals surface area contributed by atoms with Crippen LogP contribution < -0.4 is 9.47 Å². The average Bonchev–Trinajstić information content (AvgIpc) is 3.23. The van der Waals surface area contributed by atoms with E-state index in [9.17, 15) is 9.90 Å². The first kappa shape index (κ1) is 22.2. The van der Waals surface area contributed by atoms with Crippen molar-refractivity contribution in [2.45, 2.75) is 0 Å². The molecule has 0 unspecified atom stereocenters. The number of halogens is 1. The predicted octanol–water partition coefficient (Wildman–Crippen LogP) is 4.42. The summed E-state index contributed by atoms with van der Waals surface area (Å²) in [4.78, 5) is 13.2. The van der Waals surface area contributed by atoms with Gasteiger partial charge in [-0.15, -0.1) is 15.0 Å². The van der Waals surface area contributed by atoms with Gasteiger partial charge in [-0.3, -0.25) is 0 Å². The van der Waals surface area contributed by atoms with Crippen LogP contribution in [-0.4, -0.2) is 46.4 Å². The highest BCUT2D eigenvalue weighted by atomic mass is 35.5. The molecule has 0 radical (unpaired) electrons. The van der Waals surface area contributed by atoms with Gasteiger partial charge in [0, 0.05) is 17.2 Å². The molecule has 1 heterocycles. The Hall–Kier alpha value is -4.04. The van der Waals surface area contributed by atoms with E-state index in [2.05, 4.69) is 10.2 Å². The first-order valence-electron chi connectivity index (χ1n) is 9.99. The Morgan fingerprint density at radius 2 is 1.76 bits per heavy atom. The summed E-state index contributed by atoms with van der Waals surface area (Å²) in [7, 11) is 1.59. The van der Waals surface area contributed by atoms with Gasteiger partial charge >= 0.3 is 5.97 Å². The zero-order chi connectivity index (χ0) is 23.2. The van der Waals surface area contributed by atoms with Crippen LogP contribution in [0.3, 0.4) is 0 Å². The molecule has 8 nitrogen and oxygen atoms in total. The topological polar surface area (TPSA) is 95.7 Å². The van der Waals surface area contributed by atoms with Crippen LogP contribution in [0.25, 0.3) is 22.8 Å². The first-order valence-corrected chi connectivity index (χ1v) is 10.4. The van der Waals surface area contributed by atoms with E-state index >= 15 is 0 Å². The smallest absolute Gasteiger partial charge is 0.330 e. The number of hydrogen-bond acceptors (Lipinski definition) is 7. The number of carbonyl (C=O) groups excluding carboxylic acids is 1. The normalized spacial score (nSPS) is 11.1. The number of phenolic OH excluding ortho intramolecular Hbond substituents is 1. The van der Waals surface area contributed by atoms with Crippen molar-refractivity contribution >= 4 is 34.7 Å². The van der Waals surface area contributed by atoms with Crippen molar-refractivity contribution in [2.24, 2.45) is 0 Å². The maximum Gasteiger partial charge on any atom is 0.330 e. The number of nitrogens with zero attached hydrogens (tertiary/aromatic N) is 3. The summed E-state index contributed by atoms with van der Waals surface area (Å²) < 4.78 is 15.8. The van der Waals surface area contributed by atoms with Crippen LogP contribution in [0, 0.1) is 0 Å². The van der Waals surface area contributed by atoms with E-state index in [1.54, 1.807) is 55.7 Å². The van der Waals surface area contributed by atoms with Crippen molar-refractivity contribution in [1.29, 1.82) is 0 Å². The van der Waals surface area contributed by atoms with Crippen LogP contribution in [0.2, 0.25) is 5.02 Å². The zero-order valence-corrected chi connectivity index (χ0v) is 18.4. The Labute approximate surface area is 194 Å². The van der Waals surface area contributed by atoms with Gasteiger partial charge in [0.2, 0.25) is 0 Å². The summed E-state index contributed by atoms with van der Waals surface area (Å²) in [6.45, 7) is 0.185. The average molecular weight is 466 g/mol. The highest BCUT2D eigenvalue weighted by Gasteiger charge is 2.10. The first-order chi connectivity index (χ1) is 16.0. The van der Waals surface area contributed by atoms with Crippen LogP contribution in [0.4, 0.5) is 0 Å². The number of rotatable bonds is 8. The summed E-state index contributed by atoms with van der Waals surface area (Å²) in [6, 6.07) is 17.2. The second kappa shape index (κ2) is 10.1. The van der Waals surface area contributed by atoms with Crippen molar-refractivity contribution in [2.75, 3.05) is 20.3 Å². The van der Waals surface area contributed by atoms with Gasteiger partial charge in [-0.2, -0.15) is 0 Å². The van der Waals surface area contributed by atoms with Gasteiger partial charge in [0.25, 0.3) is 0 Å². The number of phenols is 1. The third kappa shape index (κ3) is 5.61. The standard InChI is InChI=1S/C24H20ClN3O5/c1-31-18-6-2-16(3-7-18)4-11-24(30)33-13-12-32-19-8-10-22(23(29)15-19)28-26-20-9-5-17(25)14-21(20)27-28/h2-11,14-15,29H,12-13H2,1H3/b11-4+.